The van der Waals surface area contributed by atoms with Gasteiger partial charge in [-0.25, -0.2) is 0 Å². The van der Waals surface area contributed by atoms with Gasteiger partial charge in [-0.3, -0.25) is 9.69 Å². The lowest BCUT2D eigenvalue weighted by atomic mass is 10.0. The van der Waals surface area contributed by atoms with Gasteiger partial charge in [-0.2, -0.15) is 11.8 Å². The molecule has 0 aromatic heterocycles. The van der Waals surface area contributed by atoms with Crippen molar-refractivity contribution in [2.45, 2.75) is 18.9 Å². The summed E-state index contributed by atoms with van der Waals surface area (Å²) in [4.78, 5) is 14.2. The van der Waals surface area contributed by atoms with E-state index in [0.29, 0.717) is 12.3 Å². The van der Waals surface area contributed by atoms with Gasteiger partial charge in [0, 0.05) is 12.1 Å². The molecule has 2 rings (SSSR count). The van der Waals surface area contributed by atoms with Gasteiger partial charge in [0.1, 0.15) is 5.75 Å². The van der Waals surface area contributed by atoms with E-state index < -0.39 is 0 Å². The highest BCUT2D eigenvalue weighted by molar-refractivity contribution is 7.99. The van der Waals surface area contributed by atoms with Crippen LogP contribution in [0.15, 0.2) is 24.3 Å². The minimum absolute atomic E-state index is 0.0987. The molecule has 0 aliphatic carbocycles. The predicted molar refractivity (Wildman–Crippen MR) is 87.9 cm³/mol. The first-order valence-electron chi connectivity index (χ1n) is 7.39. The Morgan fingerprint density at radius 1 is 1.38 bits per heavy atom. The van der Waals surface area contributed by atoms with Crippen LogP contribution in [0.1, 0.15) is 24.4 Å². The van der Waals surface area contributed by atoms with Crippen LogP contribution >= 0.6 is 11.8 Å². The highest BCUT2D eigenvalue weighted by Crippen LogP contribution is 2.31. The summed E-state index contributed by atoms with van der Waals surface area (Å²) in [6.45, 7) is 2.81. The van der Waals surface area contributed by atoms with Crippen molar-refractivity contribution in [3.63, 3.8) is 0 Å². The van der Waals surface area contributed by atoms with Gasteiger partial charge in [-0.15, -0.1) is 0 Å². The molecule has 4 nitrogen and oxygen atoms in total. The lowest BCUT2D eigenvalue weighted by Crippen LogP contribution is -2.37. The molecule has 116 valence electrons. The van der Waals surface area contributed by atoms with E-state index in [1.54, 1.807) is 18.9 Å². The third-order valence-electron chi connectivity index (χ3n) is 3.85. The smallest absolute Gasteiger partial charge is 0.230 e. The molecule has 0 spiro atoms. The Labute approximate surface area is 131 Å². The van der Waals surface area contributed by atoms with Gasteiger partial charge < -0.3 is 10.1 Å². The van der Waals surface area contributed by atoms with Gasteiger partial charge in [0.05, 0.1) is 18.9 Å². The largest absolute Gasteiger partial charge is 0.496 e. The molecular weight excluding hydrogens is 284 g/mol. The van der Waals surface area contributed by atoms with Crippen LogP contribution in [0.4, 0.5) is 0 Å². The van der Waals surface area contributed by atoms with Crippen molar-refractivity contribution < 1.29 is 9.53 Å². The maximum Gasteiger partial charge on any atom is 0.230 e. The molecule has 1 amide bonds. The van der Waals surface area contributed by atoms with Crippen molar-refractivity contribution in [1.82, 2.24) is 10.2 Å². The number of ether oxygens (including phenoxy) is 1. The van der Waals surface area contributed by atoms with Gasteiger partial charge in [0.25, 0.3) is 0 Å². The van der Waals surface area contributed by atoms with Crippen molar-refractivity contribution in [2.24, 2.45) is 0 Å². The van der Waals surface area contributed by atoms with Crippen molar-refractivity contribution in [3.8, 4) is 5.75 Å². The van der Waals surface area contributed by atoms with Gasteiger partial charge in [0.15, 0.2) is 0 Å². The molecule has 1 aliphatic heterocycles. The lowest BCUT2D eigenvalue weighted by molar-refractivity contribution is -0.118. The standard InChI is InChI=1S/C16H24N2O2S/c1-20-15-8-4-3-7-13(15)14(18-9-5-6-10-18)11-17-16(19)12-21-2/h3-4,7-8,14H,5-6,9-12H2,1-2H3,(H,17,19). The minimum atomic E-state index is 0.0987. The van der Waals surface area contributed by atoms with E-state index in [0.717, 1.165) is 24.4 Å². The second-order valence-electron chi connectivity index (χ2n) is 5.24. The number of nitrogens with one attached hydrogen (secondary N) is 1. The summed E-state index contributed by atoms with van der Waals surface area (Å²) < 4.78 is 5.50. The average Bonchev–Trinajstić information content (AvgIpc) is 3.02. The Morgan fingerprint density at radius 3 is 2.76 bits per heavy atom. The molecule has 1 saturated heterocycles. The van der Waals surface area contributed by atoms with E-state index in [9.17, 15) is 4.79 Å². The average molecular weight is 308 g/mol. The number of nitrogens with zero attached hydrogens (tertiary/aromatic N) is 1. The monoisotopic (exact) mass is 308 g/mol. The molecule has 5 heteroatoms. The molecule has 0 saturated carbocycles. The summed E-state index contributed by atoms with van der Waals surface area (Å²) in [5, 5.41) is 3.05. The van der Waals surface area contributed by atoms with E-state index >= 15 is 0 Å². The quantitative estimate of drug-likeness (QED) is 0.839. The van der Waals surface area contributed by atoms with E-state index in [1.165, 1.54) is 12.8 Å². The fraction of sp³-hybridized carbons (Fsp3) is 0.562. The number of amides is 1. The van der Waals surface area contributed by atoms with Crippen LogP contribution in [0.5, 0.6) is 5.75 Å². The molecule has 1 N–H and O–H groups in total. The summed E-state index contributed by atoms with van der Waals surface area (Å²) >= 11 is 1.55. The van der Waals surface area contributed by atoms with Crippen molar-refractivity contribution >= 4 is 17.7 Å². The number of rotatable bonds is 7. The fourth-order valence-electron chi connectivity index (χ4n) is 2.82. The number of carbonyl (C=O) groups excluding carboxylic acids is 1. The molecule has 1 unspecified atom stereocenters. The number of hydrogen-bond donors (Lipinski definition) is 1. The topological polar surface area (TPSA) is 41.6 Å². The minimum Gasteiger partial charge on any atom is -0.496 e. The van der Waals surface area contributed by atoms with Crippen molar-refractivity contribution in [3.05, 3.63) is 29.8 Å². The third kappa shape index (κ3) is 4.38. The number of benzene rings is 1. The predicted octanol–water partition coefficient (Wildman–Crippen LogP) is 2.31. The summed E-state index contributed by atoms with van der Waals surface area (Å²) in [5.74, 6) is 1.51. The molecule has 1 aliphatic rings. The van der Waals surface area contributed by atoms with Crippen LogP contribution in [0.2, 0.25) is 0 Å². The molecule has 1 fully saturated rings. The SMILES string of the molecule is COc1ccccc1C(CNC(=O)CSC)N1CCCC1. The normalized spacial score (nSPS) is 16.7. The van der Waals surface area contributed by atoms with E-state index in [-0.39, 0.29) is 11.9 Å². The number of thioether (sulfide) groups is 1. The molecule has 21 heavy (non-hydrogen) atoms. The van der Waals surface area contributed by atoms with E-state index in [2.05, 4.69) is 16.3 Å². The van der Waals surface area contributed by atoms with E-state index in [1.807, 2.05) is 24.5 Å². The number of carbonyl (C=O) groups is 1. The van der Waals surface area contributed by atoms with Crippen LogP contribution in [0, 0.1) is 0 Å². The van der Waals surface area contributed by atoms with Crippen LogP contribution in [0.3, 0.4) is 0 Å². The molecule has 0 bridgehead atoms. The number of hydrogen-bond acceptors (Lipinski definition) is 4. The Bertz CT molecular complexity index is 461. The highest BCUT2D eigenvalue weighted by Gasteiger charge is 2.26. The number of para-hydroxylation sites is 1. The van der Waals surface area contributed by atoms with Crippen LogP contribution in [0.25, 0.3) is 0 Å². The first kappa shape index (κ1) is 16.2. The fourth-order valence-corrected chi connectivity index (χ4v) is 3.19. The lowest BCUT2D eigenvalue weighted by Gasteiger charge is -2.29. The zero-order valence-electron chi connectivity index (χ0n) is 12.8. The highest BCUT2D eigenvalue weighted by atomic mass is 32.2. The molecule has 0 radical (unpaired) electrons. The molecule has 1 heterocycles. The zero-order chi connectivity index (χ0) is 15.1. The van der Waals surface area contributed by atoms with Gasteiger partial charge in [-0.05, 0) is 38.3 Å². The molecular formula is C16H24N2O2S. The summed E-state index contributed by atoms with van der Waals surface area (Å²) in [6.07, 6.45) is 4.40. The number of methoxy groups -OCH3 is 1. The Kier molecular flexibility index (Phi) is 6.39. The van der Waals surface area contributed by atoms with Crippen LogP contribution in [-0.4, -0.2) is 49.6 Å². The van der Waals surface area contributed by atoms with Crippen LogP contribution in [-0.2, 0) is 4.79 Å². The Hall–Kier alpha value is -1.20. The molecule has 1 atom stereocenters. The second-order valence-corrected chi connectivity index (χ2v) is 6.10. The van der Waals surface area contributed by atoms with Crippen LogP contribution < -0.4 is 10.1 Å². The number of likely N-dealkylation sites (tertiary alicyclic amines) is 1. The first-order valence-corrected chi connectivity index (χ1v) is 8.78. The third-order valence-corrected chi connectivity index (χ3v) is 4.40. The maximum atomic E-state index is 11.8. The Balaban J connectivity index is 2.13. The molecule has 1 aromatic carbocycles. The van der Waals surface area contributed by atoms with Gasteiger partial charge in [-0.1, -0.05) is 18.2 Å². The zero-order valence-corrected chi connectivity index (χ0v) is 13.6. The molecule has 1 aromatic rings. The first-order chi connectivity index (χ1) is 10.3. The summed E-state index contributed by atoms with van der Waals surface area (Å²) in [6, 6.07) is 8.29. The van der Waals surface area contributed by atoms with E-state index in [4.69, 9.17) is 4.74 Å². The maximum absolute atomic E-state index is 11.8. The van der Waals surface area contributed by atoms with Crippen molar-refractivity contribution in [1.29, 1.82) is 0 Å². The summed E-state index contributed by atoms with van der Waals surface area (Å²) in [5.41, 5.74) is 1.16. The second kappa shape index (κ2) is 8.29. The Morgan fingerprint density at radius 2 is 2.10 bits per heavy atom. The van der Waals surface area contributed by atoms with Gasteiger partial charge >= 0.3 is 0 Å². The summed E-state index contributed by atoms with van der Waals surface area (Å²) in [7, 11) is 1.70. The van der Waals surface area contributed by atoms with Crippen molar-refractivity contribution in [2.75, 3.05) is 38.8 Å². The van der Waals surface area contributed by atoms with Gasteiger partial charge in [0.2, 0.25) is 5.91 Å².